The molecule has 2 heterocycles. The van der Waals surface area contributed by atoms with Gasteiger partial charge in [-0.05, 0) is 36.8 Å². The van der Waals surface area contributed by atoms with E-state index in [1.54, 1.807) is 12.3 Å². The number of para-hydroxylation sites is 1. The van der Waals surface area contributed by atoms with Crippen molar-refractivity contribution in [2.75, 3.05) is 4.72 Å². The Morgan fingerprint density at radius 2 is 1.81 bits per heavy atom. The van der Waals surface area contributed by atoms with Crippen LogP contribution in [0.25, 0.3) is 11.0 Å². The molecular formula is C20H16N2O2S2. The van der Waals surface area contributed by atoms with Gasteiger partial charge in [-0.25, -0.2) is 9.19 Å². The van der Waals surface area contributed by atoms with Gasteiger partial charge in [0.05, 0.1) is 5.69 Å². The van der Waals surface area contributed by atoms with Gasteiger partial charge in [-0.3, -0.25) is 4.72 Å². The van der Waals surface area contributed by atoms with Crippen molar-refractivity contribution >= 4 is 39.4 Å². The molecule has 0 saturated carbocycles. The van der Waals surface area contributed by atoms with Crippen molar-refractivity contribution in [2.45, 2.75) is 21.9 Å². The number of pyridine rings is 1. The molecule has 0 spiro atoms. The first-order valence-electron chi connectivity index (χ1n) is 8.05. The average Bonchev–Trinajstić information content (AvgIpc) is 3.09. The fourth-order valence-electron chi connectivity index (χ4n) is 2.51. The van der Waals surface area contributed by atoms with E-state index in [0.717, 1.165) is 32.1 Å². The summed E-state index contributed by atoms with van der Waals surface area (Å²) in [6, 6.07) is 21.3. The van der Waals surface area contributed by atoms with Crippen LogP contribution in [0.2, 0.25) is 0 Å². The van der Waals surface area contributed by atoms with E-state index in [-0.39, 0.29) is 0 Å². The predicted molar refractivity (Wildman–Crippen MR) is 106 cm³/mol. The van der Waals surface area contributed by atoms with E-state index in [1.807, 2.05) is 67.6 Å². The lowest BCUT2D eigenvalue weighted by molar-refractivity contribution is 0.504. The molecule has 0 aliphatic heterocycles. The number of furan rings is 1. The number of aromatic nitrogens is 1. The number of anilines is 1. The number of hydrogen-bond donors (Lipinski definition) is 1. The highest BCUT2D eigenvalue weighted by Gasteiger charge is 2.14. The van der Waals surface area contributed by atoms with E-state index in [4.69, 9.17) is 4.42 Å². The van der Waals surface area contributed by atoms with Crippen LogP contribution in [0.15, 0.2) is 92.4 Å². The minimum absolute atomic E-state index is 0.392. The summed E-state index contributed by atoms with van der Waals surface area (Å²) < 4.78 is 21.5. The third kappa shape index (κ3) is 3.66. The van der Waals surface area contributed by atoms with Crippen molar-refractivity contribution in [3.63, 3.8) is 0 Å². The van der Waals surface area contributed by atoms with Gasteiger partial charge < -0.3 is 4.42 Å². The summed E-state index contributed by atoms with van der Waals surface area (Å²) in [5.41, 5.74) is 2.43. The fourth-order valence-corrected chi connectivity index (χ4v) is 4.27. The molecule has 1 unspecified atom stereocenters. The van der Waals surface area contributed by atoms with Gasteiger partial charge in [-0.15, -0.1) is 0 Å². The van der Waals surface area contributed by atoms with Crippen molar-refractivity contribution < 1.29 is 8.63 Å². The molecule has 0 fully saturated rings. The monoisotopic (exact) mass is 380 g/mol. The van der Waals surface area contributed by atoms with E-state index in [0.29, 0.717) is 5.09 Å². The van der Waals surface area contributed by atoms with Crippen molar-refractivity contribution in [1.29, 1.82) is 0 Å². The molecule has 1 N–H and O–H groups in total. The van der Waals surface area contributed by atoms with Crippen LogP contribution in [-0.2, 0) is 11.0 Å². The molecular weight excluding hydrogens is 364 g/mol. The number of aryl methyl sites for hydroxylation is 1. The zero-order valence-corrected chi connectivity index (χ0v) is 15.6. The summed E-state index contributed by atoms with van der Waals surface area (Å²) in [6.45, 7) is 1.96. The van der Waals surface area contributed by atoms with Gasteiger partial charge in [0.25, 0.3) is 0 Å². The zero-order valence-electron chi connectivity index (χ0n) is 14.0. The second-order valence-corrected chi connectivity index (χ2v) is 7.96. The molecule has 130 valence electrons. The van der Waals surface area contributed by atoms with Crippen molar-refractivity contribution in [1.82, 2.24) is 4.98 Å². The Labute approximate surface area is 158 Å². The smallest absolute Gasteiger partial charge is 0.212 e. The third-order valence-electron chi connectivity index (χ3n) is 3.73. The lowest BCUT2D eigenvalue weighted by atomic mass is 10.3. The molecule has 1 atom stereocenters. The standard InChI is InChI=1S/C20H16N2O2S2/c1-14-11-17(20(21-13-14)25-16-8-3-2-4-9-16)22-26(23)19-12-15-7-5-6-10-18(15)24-19/h2-13,22H,1H3. The number of nitrogens with one attached hydrogen (secondary N) is 1. The van der Waals surface area contributed by atoms with Crippen LogP contribution >= 0.6 is 11.8 Å². The Hall–Kier alpha value is -2.57. The average molecular weight is 380 g/mol. The lowest BCUT2D eigenvalue weighted by Gasteiger charge is -2.10. The Kier molecular flexibility index (Phi) is 4.77. The molecule has 0 amide bonds. The van der Waals surface area contributed by atoms with Crippen LogP contribution in [-0.4, -0.2) is 9.19 Å². The normalized spacial score (nSPS) is 12.2. The minimum Gasteiger partial charge on any atom is -0.445 e. The van der Waals surface area contributed by atoms with Crippen LogP contribution in [0.1, 0.15) is 5.56 Å². The Morgan fingerprint density at radius 3 is 2.62 bits per heavy atom. The lowest BCUT2D eigenvalue weighted by Crippen LogP contribution is -2.05. The molecule has 4 nitrogen and oxygen atoms in total. The quantitative estimate of drug-likeness (QED) is 0.502. The highest BCUT2D eigenvalue weighted by molar-refractivity contribution is 7.99. The molecule has 4 rings (SSSR count). The molecule has 0 aliphatic carbocycles. The molecule has 0 bridgehead atoms. The first-order valence-corrected chi connectivity index (χ1v) is 10.0. The van der Waals surface area contributed by atoms with Crippen molar-refractivity contribution in [3.8, 4) is 0 Å². The maximum absolute atomic E-state index is 12.8. The van der Waals surface area contributed by atoms with Crippen LogP contribution < -0.4 is 4.72 Å². The van der Waals surface area contributed by atoms with Gasteiger partial charge in [0.15, 0.2) is 11.0 Å². The van der Waals surface area contributed by atoms with Gasteiger partial charge in [-0.1, -0.05) is 48.2 Å². The van der Waals surface area contributed by atoms with Crippen LogP contribution in [0, 0.1) is 6.92 Å². The topological polar surface area (TPSA) is 55.1 Å². The Bertz CT molecular complexity index is 1040. The summed E-state index contributed by atoms with van der Waals surface area (Å²) in [4.78, 5) is 5.57. The SMILES string of the molecule is Cc1cnc(Sc2ccccc2)c(NS(=O)c2cc3ccccc3o2)c1. The maximum atomic E-state index is 12.8. The van der Waals surface area contributed by atoms with E-state index in [1.165, 1.54) is 11.8 Å². The van der Waals surface area contributed by atoms with Crippen LogP contribution in [0.5, 0.6) is 0 Å². The molecule has 2 aromatic heterocycles. The van der Waals surface area contributed by atoms with E-state index >= 15 is 0 Å². The van der Waals surface area contributed by atoms with Gasteiger partial charge in [0.2, 0.25) is 5.09 Å². The van der Waals surface area contributed by atoms with Crippen molar-refractivity contribution in [2.24, 2.45) is 0 Å². The van der Waals surface area contributed by atoms with Gasteiger partial charge in [0, 0.05) is 22.5 Å². The summed E-state index contributed by atoms with van der Waals surface area (Å²) in [5.74, 6) is 0. The first kappa shape index (κ1) is 16.9. The summed E-state index contributed by atoms with van der Waals surface area (Å²) >= 11 is 1.53. The van der Waals surface area contributed by atoms with Gasteiger partial charge in [-0.2, -0.15) is 0 Å². The second kappa shape index (κ2) is 7.35. The molecule has 6 heteroatoms. The van der Waals surface area contributed by atoms with Crippen LogP contribution in [0.4, 0.5) is 5.69 Å². The highest BCUT2D eigenvalue weighted by atomic mass is 32.2. The number of rotatable bonds is 5. The van der Waals surface area contributed by atoms with E-state index in [2.05, 4.69) is 9.71 Å². The van der Waals surface area contributed by atoms with Crippen LogP contribution in [0.3, 0.4) is 0 Å². The Morgan fingerprint density at radius 1 is 1.04 bits per heavy atom. The third-order valence-corrected chi connectivity index (χ3v) is 5.73. The molecule has 26 heavy (non-hydrogen) atoms. The summed E-state index contributed by atoms with van der Waals surface area (Å²) in [7, 11) is -1.51. The van der Waals surface area contributed by atoms with Crippen molar-refractivity contribution in [3.05, 3.63) is 78.5 Å². The number of hydrogen-bond acceptors (Lipinski definition) is 4. The largest absolute Gasteiger partial charge is 0.445 e. The van der Waals surface area contributed by atoms with Gasteiger partial charge in [0.1, 0.15) is 10.6 Å². The molecule has 0 aliphatic rings. The molecule has 0 radical (unpaired) electrons. The van der Waals surface area contributed by atoms with E-state index < -0.39 is 11.0 Å². The predicted octanol–water partition coefficient (Wildman–Crippen LogP) is 5.42. The number of benzene rings is 2. The highest BCUT2D eigenvalue weighted by Crippen LogP contribution is 2.33. The fraction of sp³-hybridized carbons (Fsp3) is 0.0500. The Balaban J connectivity index is 1.62. The summed E-state index contributed by atoms with van der Waals surface area (Å²) in [5, 5.41) is 2.09. The summed E-state index contributed by atoms with van der Waals surface area (Å²) in [6.07, 6.45) is 1.81. The minimum atomic E-state index is -1.51. The number of nitrogens with zero attached hydrogens (tertiary/aromatic N) is 1. The second-order valence-electron chi connectivity index (χ2n) is 5.75. The van der Waals surface area contributed by atoms with Gasteiger partial charge >= 0.3 is 0 Å². The molecule has 0 saturated heterocycles. The maximum Gasteiger partial charge on any atom is 0.212 e. The molecule has 4 aromatic rings. The first-order chi connectivity index (χ1) is 12.7. The number of fused-ring (bicyclic) bond motifs is 1. The van der Waals surface area contributed by atoms with E-state index in [9.17, 15) is 4.21 Å². The molecule has 2 aromatic carbocycles. The zero-order chi connectivity index (χ0) is 17.9.